The number of carbonyl (C=O) groups is 1. The zero-order chi connectivity index (χ0) is 9.47. The molecule has 2 nitrogen and oxygen atoms in total. The van der Waals surface area contributed by atoms with Crippen LogP contribution < -0.4 is 0 Å². The SMILES string of the molecule is CC1CCC2(CCC(=O)O2)CC1C. The van der Waals surface area contributed by atoms with Crippen molar-refractivity contribution >= 4 is 5.97 Å². The molecule has 0 aromatic rings. The molecule has 0 radical (unpaired) electrons. The molecule has 0 aromatic carbocycles. The molecule has 0 aromatic heterocycles. The van der Waals surface area contributed by atoms with E-state index in [1.165, 1.54) is 6.42 Å². The zero-order valence-corrected chi connectivity index (χ0v) is 8.51. The first-order chi connectivity index (χ1) is 6.11. The van der Waals surface area contributed by atoms with Gasteiger partial charge in [-0.2, -0.15) is 0 Å². The third-order valence-corrected chi connectivity index (χ3v) is 3.84. The van der Waals surface area contributed by atoms with Crippen molar-refractivity contribution in [2.24, 2.45) is 11.8 Å². The third kappa shape index (κ3) is 1.59. The molecule has 74 valence electrons. The Morgan fingerprint density at radius 3 is 2.62 bits per heavy atom. The second-order valence-corrected chi connectivity index (χ2v) is 4.85. The first kappa shape index (κ1) is 9.04. The van der Waals surface area contributed by atoms with Gasteiger partial charge in [0.15, 0.2) is 0 Å². The molecule has 2 fully saturated rings. The molecule has 0 N–H and O–H groups in total. The Morgan fingerprint density at radius 1 is 1.31 bits per heavy atom. The first-order valence-corrected chi connectivity index (χ1v) is 5.33. The highest BCUT2D eigenvalue weighted by Gasteiger charge is 2.44. The summed E-state index contributed by atoms with van der Waals surface area (Å²) in [5, 5.41) is 0. The average molecular weight is 182 g/mol. The van der Waals surface area contributed by atoms with Crippen LogP contribution in [0.3, 0.4) is 0 Å². The molecule has 1 aliphatic carbocycles. The van der Waals surface area contributed by atoms with Crippen LogP contribution in [0.2, 0.25) is 0 Å². The van der Waals surface area contributed by atoms with Crippen molar-refractivity contribution in [2.45, 2.75) is 51.6 Å². The van der Waals surface area contributed by atoms with Crippen molar-refractivity contribution in [3.8, 4) is 0 Å². The van der Waals surface area contributed by atoms with Gasteiger partial charge in [-0.3, -0.25) is 4.79 Å². The van der Waals surface area contributed by atoms with E-state index in [-0.39, 0.29) is 11.6 Å². The van der Waals surface area contributed by atoms with E-state index in [9.17, 15) is 4.79 Å². The van der Waals surface area contributed by atoms with Crippen molar-refractivity contribution in [1.29, 1.82) is 0 Å². The normalized spacial score (nSPS) is 45.2. The van der Waals surface area contributed by atoms with Crippen LogP contribution in [0.25, 0.3) is 0 Å². The summed E-state index contributed by atoms with van der Waals surface area (Å²) in [6.07, 6.45) is 4.99. The lowest BCUT2D eigenvalue weighted by molar-refractivity contribution is -0.152. The molecule has 1 heterocycles. The lowest BCUT2D eigenvalue weighted by atomic mass is 9.72. The van der Waals surface area contributed by atoms with Crippen molar-refractivity contribution in [1.82, 2.24) is 0 Å². The predicted molar refractivity (Wildman–Crippen MR) is 50.2 cm³/mol. The minimum Gasteiger partial charge on any atom is -0.459 e. The first-order valence-electron chi connectivity index (χ1n) is 5.33. The molecule has 1 saturated heterocycles. The van der Waals surface area contributed by atoms with Crippen LogP contribution in [0.1, 0.15) is 46.0 Å². The monoisotopic (exact) mass is 182 g/mol. The smallest absolute Gasteiger partial charge is 0.306 e. The Morgan fingerprint density at radius 2 is 2.08 bits per heavy atom. The molecule has 1 aliphatic heterocycles. The number of rotatable bonds is 0. The molecule has 13 heavy (non-hydrogen) atoms. The van der Waals surface area contributed by atoms with E-state index in [2.05, 4.69) is 13.8 Å². The largest absolute Gasteiger partial charge is 0.459 e. The minimum absolute atomic E-state index is 0.0155. The van der Waals surface area contributed by atoms with Gasteiger partial charge in [-0.15, -0.1) is 0 Å². The highest BCUT2D eigenvalue weighted by atomic mass is 16.6. The molecular weight excluding hydrogens is 164 g/mol. The molecule has 0 amide bonds. The summed E-state index contributed by atoms with van der Waals surface area (Å²) >= 11 is 0. The van der Waals surface area contributed by atoms with Crippen molar-refractivity contribution in [2.75, 3.05) is 0 Å². The summed E-state index contributed by atoms with van der Waals surface area (Å²) in [4.78, 5) is 11.1. The minimum atomic E-state index is -0.0526. The van der Waals surface area contributed by atoms with Gasteiger partial charge in [0.25, 0.3) is 0 Å². The fourth-order valence-electron chi connectivity index (χ4n) is 2.66. The number of hydrogen-bond acceptors (Lipinski definition) is 2. The van der Waals surface area contributed by atoms with Gasteiger partial charge in [0.05, 0.1) is 0 Å². The second kappa shape index (κ2) is 3.00. The summed E-state index contributed by atoms with van der Waals surface area (Å²) in [5.74, 6) is 1.52. The average Bonchev–Trinajstić information content (AvgIpc) is 2.42. The van der Waals surface area contributed by atoms with E-state index in [4.69, 9.17) is 4.74 Å². The van der Waals surface area contributed by atoms with Crippen LogP contribution >= 0.6 is 0 Å². The summed E-state index contributed by atoms with van der Waals surface area (Å²) in [6.45, 7) is 4.58. The van der Waals surface area contributed by atoms with Gasteiger partial charge in [-0.25, -0.2) is 0 Å². The lowest BCUT2D eigenvalue weighted by Gasteiger charge is -2.38. The van der Waals surface area contributed by atoms with Crippen molar-refractivity contribution in [3.63, 3.8) is 0 Å². The molecule has 2 aliphatic rings. The maximum absolute atomic E-state index is 11.1. The molecule has 2 rings (SSSR count). The topological polar surface area (TPSA) is 26.3 Å². The third-order valence-electron chi connectivity index (χ3n) is 3.84. The molecule has 2 heteroatoms. The van der Waals surface area contributed by atoms with Gasteiger partial charge in [-0.05, 0) is 37.5 Å². The maximum atomic E-state index is 11.1. The van der Waals surface area contributed by atoms with E-state index >= 15 is 0 Å². The van der Waals surface area contributed by atoms with Crippen LogP contribution in [-0.2, 0) is 9.53 Å². The Labute approximate surface area is 79.7 Å². The fraction of sp³-hybridized carbons (Fsp3) is 0.909. The fourth-order valence-corrected chi connectivity index (χ4v) is 2.66. The van der Waals surface area contributed by atoms with Crippen LogP contribution in [0.4, 0.5) is 0 Å². The van der Waals surface area contributed by atoms with Gasteiger partial charge in [0, 0.05) is 6.42 Å². The Kier molecular flexibility index (Phi) is 2.09. The predicted octanol–water partition coefficient (Wildman–Crippen LogP) is 2.52. The number of ether oxygens (including phenoxy) is 1. The van der Waals surface area contributed by atoms with Gasteiger partial charge < -0.3 is 4.74 Å². The zero-order valence-electron chi connectivity index (χ0n) is 8.51. The number of esters is 1. The summed E-state index contributed by atoms with van der Waals surface area (Å²) < 4.78 is 5.47. The van der Waals surface area contributed by atoms with Crippen molar-refractivity contribution in [3.05, 3.63) is 0 Å². The molecular formula is C11H18O2. The van der Waals surface area contributed by atoms with E-state index in [0.29, 0.717) is 12.3 Å². The standard InChI is InChI=1S/C11H18O2/c1-8-3-5-11(7-9(8)2)6-4-10(12)13-11/h8-9H,3-7H2,1-2H3. The van der Waals surface area contributed by atoms with Gasteiger partial charge in [0.1, 0.15) is 5.60 Å². The highest BCUT2D eigenvalue weighted by molar-refractivity contribution is 5.72. The lowest BCUT2D eigenvalue weighted by Crippen LogP contribution is -2.37. The molecule has 1 saturated carbocycles. The molecule has 0 bridgehead atoms. The summed E-state index contributed by atoms with van der Waals surface area (Å²) in [5.41, 5.74) is -0.0526. The Bertz CT molecular complexity index is 224. The quantitative estimate of drug-likeness (QED) is 0.538. The van der Waals surface area contributed by atoms with Gasteiger partial charge >= 0.3 is 5.97 Å². The van der Waals surface area contributed by atoms with Crippen LogP contribution in [0.5, 0.6) is 0 Å². The second-order valence-electron chi connectivity index (χ2n) is 4.85. The molecule has 3 atom stereocenters. The van der Waals surface area contributed by atoms with E-state index in [0.717, 1.165) is 25.2 Å². The highest BCUT2D eigenvalue weighted by Crippen LogP contribution is 2.44. The number of hydrogen-bond donors (Lipinski definition) is 0. The van der Waals surface area contributed by atoms with Crippen LogP contribution in [-0.4, -0.2) is 11.6 Å². The maximum Gasteiger partial charge on any atom is 0.306 e. The van der Waals surface area contributed by atoms with Crippen molar-refractivity contribution < 1.29 is 9.53 Å². The number of carbonyl (C=O) groups excluding carboxylic acids is 1. The Balaban J connectivity index is 2.05. The van der Waals surface area contributed by atoms with Gasteiger partial charge in [-0.1, -0.05) is 13.8 Å². The molecule has 3 unspecified atom stereocenters. The van der Waals surface area contributed by atoms with Crippen LogP contribution in [0, 0.1) is 11.8 Å². The Hall–Kier alpha value is -0.530. The van der Waals surface area contributed by atoms with Gasteiger partial charge in [0.2, 0.25) is 0 Å². The summed E-state index contributed by atoms with van der Waals surface area (Å²) in [6, 6.07) is 0. The van der Waals surface area contributed by atoms with E-state index < -0.39 is 0 Å². The van der Waals surface area contributed by atoms with E-state index in [1.54, 1.807) is 0 Å². The van der Waals surface area contributed by atoms with Crippen LogP contribution in [0.15, 0.2) is 0 Å². The molecule has 1 spiro atoms. The summed E-state index contributed by atoms with van der Waals surface area (Å²) in [7, 11) is 0. The van der Waals surface area contributed by atoms with E-state index in [1.807, 2.05) is 0 Å².